The Kier molecular flexibility index (Phi) is 5.19. The number of hydrogen-bond donors (Lipinski definition) is 0. The number of benzene rings is 3. The summed E-state index contributed by atoms with van der Waals surface area (Å²) in [5.74, 6) is 0. The number of nitrogens with zero attached hydrogens (tertiary/aromatic N) is 2. The molecule has 5 aromatic rings. The van der Waals surface area contributed by atoms with Gasteiger partial charge in [-0.2, -0.15) is 0 Å². The van der Waals surface area contributed by atoms with Crippen LogP contribution < -0.4 is 0 Å². The van der Waals surface area contributed by atoms with Gasteiger partial charge in [-0.3, -0.25) is 4.98 Å². The topological polar surface area (TPSA) is 25.8 Å². The van der Waals surface area contributed by atoms with Gasteiger partial charge < -0.3 is 0 Å². The molecule has 144 valence electrons. The predicted molar refractivity (Wildman–Crippen MR) is 125 cm³/mol. The molecule has 2 aromatic heterocycles. The Morgan fingerprint density at radius 1 is 0.600 bits per heavy atom. The minimum atomic E-state index is 0.898. The van der Waals surface area contributed by atoms with Gasteiger partial charge in [-0.15, -0.1) is 11.3 Å². The van der Waals surface area contributed by atoms with E-state index in [1.165, 1.54) is 22.3 Å². The van der Waals surface area contributed by atoms with Crippen LogP contribution in [0.25, 0.3) is 33.1 Å². The van der Waals surface area contributed by atoms with Crippen LogP contribution in [0.2, 0.25) is 0 Å². The maximum absolute atomic E-state index is 4.86. The van der Waals surface area contributed by atoms with Crippen LogP contribution in [0.1, 0.15) is 11.1 Å². The lowest BCUT2D eigenvalue weighted by Gasteiger charge is -2.04. The van der Waals surface area contributed by atoms with Gasteiger partial charge in [0.05, 0.1) is 11.4 Å². The van der Waals surface area contributed by atoms with Gasteiger partial charge in [0, 0.05) is 17.1 Å². The summed E-state index contributed by atoms with van der Waals surface area (Å²) in [5.41, 5.74) is 8.03. The molecule has 0 bridgehead atoms. The van der Waals surface area contributed by atoms with Gasteiger partial charge in [0.1, 0.15) is 5.01 Å². The molecule has 3 aromatic carbocycles. The summed E-state index contributed by atoms with van der Waals surface area (Å²) < 4.78 is 0. The number of thiazole rings is 1. The summed E-state index contributed by atoms with van der Waals surface area (Å²) >= 11 is 1.64. The van der Waals surface area contributed by atoms with Gasteiger partial charge in [0.25, 0.3) is 0 Å². The Morgan fingerprint density at radius 2 is 1.27 bits per heavy atom. The summed E-state index contributed by atoms with van der Waals surface area (Å²) in [6.45, 7) is 0. The van der Waals surface area contributed by atoms with Gasteiger partial charge in [0.15, 0.2) is 0 Å². The van der Waals surface area contributed by atoms with Crippen LogP contribution in [0.15, 0.2) is 109 Å². The first kappa shape index (κ1) is 18.5. The lowest BCUT2D eigenvalue weighted by molar-refractivity contribution is 1.16. The molecule has 0 aliphatic rings. The number of pyridine rings is 1. The quantitative estimate of drug-likeness (QED) is 0.311. The van der Waals surface area contributed by atoms with Crippen LogP contribution in [0.3, 0.4) is 0 Å². The summed E-state index contributed by atoms with van der Waals surface area (Å²) in [5, 5.41) is 3.06. The van der Waals surface area contributed by atoms with Crippen molar-refractivity contribution in [3.05, 3.63) is 120 Å². The molecule has 0 fully saturated rings. The average molecular weight is 405 g/mol. The molecule has 0 saturated carbocycles. The minimum absolute atomic E-state index is 0.898. The summed E-state index contributed by atoms with van der Waals surface area (Å²) in [6, 6.07) is 33.7. The monoisotopic (exact) mass is 404 g/mol. The molecular weight excluding hydrogens is 384 g/mol. The van der Waals surface area contributed by atoms with Crippen molar-refractivity contribution in [2.45, 2.75) is 6.42 Å². The van der Waals surface area contributed by atoms with Gasteiger partial charge in [-0.05, 0) is 40.8 Å². The maximum Gasteiger partial charge on any atom is 0.142 e. The van der Waals surface area contributed by atoms with E-state index >= 15 is 0 Å². The molecule has 0 radical (unpaired) electrons. The van der Waals surface area contributed by atoms with Gasteiger partial charge >= 0.3 is 0 Å². The fourth-order valence-electron chi connectivity index (χ4n) is 3.52. The fraction of sp³-hybridized carbons (Fsp3) is 0.0370. The molecule has 2 nitrogen and oxygen atoms in total. The van der Waals surface area contributed by atoms with Crippen LogP contribution in [-0.2, 0) is 6.42 Å². The summed E-state index contributed by atoms with van der Waals surface area (Å²) in [4.78, 5) is 9.42. The largest absolute Gasteiger partial charge is 0.254 e. The second kappa shape index (κ2) is 8.44. The Hall–Kier alpha value is -3.56. The molecule has 0 spiro atoms. The second-order valence-corrected chi connectivity index (χ2v) is 8.05. The second-order valence-electron chi connectivity index (χ2n) is 7.19. The predicted octanol–water partition coefficient (Wildman–Crippen LogP) is 7.13. The average Bonchev–Trinajstić information content (AvgIpc) is 3.31. The highest BCUT2D eigenvalue weighted by Crippen LogP contribution is 2.30. The Bertz CT molecular complexity index is 1240. The number of rotatable bonds is 5. The van der Waals surface area contributed by atoms with Crippen molar-refractivity contribution < 1.29 is 0 Å². The van der Waals surface area contributed by atoms with E-state index in [2.05, 4.69) is 95.3 Å². The van der Waals surface area contributed by atoms with Gasteiger partial charge in [0.2, 0.25) is 0 Å². The van der Waals surface area contributed by atoms with Gasteiger partial charge in [-0.25, -0.2) is 4.98 Å². The fourth-order valence-corrected chi connectivity index (χ4v) is 4.32. The van der Waals surface area contributed by atoms with Crippen LogP contribution in [0.5, 0.6) is 0 Å². The van der Waals surface area contributed by atoms with Crippen molar-refractivity contribution >= 4 is 11.3 Å². The summed E-state index contributed by atoms with van der Waals surface area (Å²) in [7, 11) is 0. The smallest absolute Gasteiger partial charge is 0.142 e. The standard InChI is InChI=1S/C27H20N2S/c1-3-7-20(8-4-1)17-21-15-16-28-25(18-21)27-29-26(19-30-27)24-13-11-23(12-14-24)22-9-5-2-6-10-22/h1-16,18-19H,17H2. The molecular formula is C27H20N2S. The number of aromatic nitrogens is 2. The molecule has 30 heavy (non-hydrogen) atoms. The molecule has 0 saturated heterocycles. The lowest BCUT2D eigenvalue weighted by Crippen LogP contribution is -1.90. The Morgan fingerprint density at radius 3 is 2.03 bits per heavy atom. The van der Waals surface area contributed by atoms with E-state index in [0.717, 1.165) is 28.4 Å². The molecule has 2 heterocycles. The number of hydrogen-bond acceptors (Lipinski definition) is 3. The van der Waals surface area contributed by atoms with Crippen LogP contribution in [-0.4, -0.2) is 9.97 Å². The van der Waals surface area contributed by atoms with Crippen molar-refractivity contribution in [3.63, 3.8) is 0 Å². The molecule has 0 aliphatic carbocycles. The van der Waals surface area contributed by atoms with E-state index in [1.54, 1.807) is 11.3 Å². The van der Waals surface area contributed by atoms with Crippen molar-refractivity contribution in [2.24, 2.45) is 0 Å². The van der Waals surface area contributed by atoms with Crippen LogP contribution in [0.4, 0.5) is 0 Å². The first-order valence-electron chi connectivity index (χ1n) is 9.96. The van der Waals surface area contributed by atoms with Gasteiger partial charge in [-0.1, -0.05) is 84.9 Å². The van der Waals surface area contributed by atoms with Crippen molar-refractivity contribution in [1.82, 2.24) is 9.97 Å². The zero-order valence-corrected chi connectivity index (χ0v) is 17.2. The third kappa shape index (κ3) is 4.07. The van der Waals surface area contributed by atoms with Crippen molar-refractivity contribution in [3.8, 4) is 33.1 Å². The SMILES string of the molecule is c1ccc(Cc2ccnc(-c3nc(-c4ccc(-c5ccccc5)cc4)cs3)c2)cc1. The third-order valence-electron chi connectivity index (χ3n) is 5.09. The highest BCUT2D eigenvalue weighted by Gasteiger charge is 2.09. The Balaban J connectivity index is 1.37. The highest BCUT2D eigenvalue weighted by molar-refractivity contribution is 7.13. The maximum atomic E-state index is 4.86. The van der Waals surface area contributed by atoms with E-state index in [1.807, 2.05) is 18.3 Å². The molecule has 0 unspecified atom stereocenters. The first-order chi connectivity index (χ1) is 14.8. The molecule has 3 heteroatoms. The van der Waals surface area contributed by atoms with Crippen LogP contribution in [0, 0.1) is 0 Å². The van der Waals surface area contributed by atoms with Crippen molar-refractivity contribution in [2.75, 3.05) is 0 Å². The third-order valence-corrected chi connectivity index (χ3v) is 5.95. The van der Waals surface area contributed by atoms with E-state index in [-0.39, 0.29) is 0 Å². The molecule has 0 aliphatic heterocycles. The van der Waals surface area contributed by atoms with E-state index in [4.69, 9.17) is 4.98 Å². The zero-order valence-electron chi connectivity index (χ0n) is 16.4. The normalized spacial score (nSPS) is 10.8. The highest BCUT2D eigenvalue weighted by atomic mass is 32.1. The van der Waals surface area contributed by atoms with Crippen LogP contribution >= 0.6 is 11.3 Å². The van der Waals surface area contributed by atoms with E-state index in [9.17, 15) is 0 Å². The summed E-state index contributed by atoms with van der Waals surface area (Å²) in [6.07, 6.45) is 2.78. The lowest BCUT2D eigenvalue weighted by atomic mass is 10.0. The van der Waals surface area contributed by atoms with E-state index < -0.39 is 0 Å². The molecule has 0 N–H and O–H groups in total. The molecule has 0 amide bonds. The van der Waals surface area contributed by atoms with E-state index in [0.29, 0.717) is 0 Å². The first-order valence-corrected chi connectivity index (χ1v) is 10.8. The molecule has 0 atom stereocenters. The Labute approximate surface area is 180 Å². The zero-order chi connectivity index (χ0) is 20.2. The van der Waals surface area contributed by atoms with Crippen molar-refractivity contribution in [1.29, 1.82) is 0 Å². The minimum Gasteiger partial charge on any atom is -0.254 e. The molecule has 5 rings (SSSR count).